The molecule has 0 atom stereocenters. The van der Waals surface area contributed by atoms with Gasteiger partial charge in [0.2, 0.25) is 5.95 Å². The van der Waals surface area contributed by atoms with Crippen LogP contribution in [0.3, 0.4) is 0 Å². The van der Waals surface area contributed by atoms with Crippen LogP contribution < -0.4 is 11.5 Å². The molecule has 0 unspecified atom stereocenters. The molecule has 0 aliphatic rings. The third-order valence-corrected chi connectivity index (χ3v) is 4.76. The molecular formula is C18H19F3N4O3S. The van der Waals surface area contributed by atoms with Gasteiger partial charge in [-0.05, 0) is 48.7 Å². The fraction of sp³-hybridized carbons (Fsp3) is 0.222. The van der Waals surface area contributed by atoms with E-state index in [0.717, 1.165) is 12.1 Å². The Morgan fingerprint density at radius 1 is 1.10 bits per heavy atom. The molecule has 0 amide bonds. The average Bonchev–Trinajstić information content (AvgIpc) is 2.60. The van der Waals surface area contributed by atoms with Gasteiger partial charge in [-0.15, -0.1) is 0 Å². The van der Waals surface area contributed by atoms with Crippen molar-refractivity contribution in [2.45, 2.75) is 20.0 Å². The Hall–Kier alpha value is -2.92. The van der Waals surface area contributed by atoms with Crippen molar-refractivity contribution in [3.05, 3.63) is 47.5 Å². The average molecular weight is 428 g/mol. The smallest absolute Gasteiger partial charge is 0.383 e. The van der Waals surface area contributed by atoms with Gasteiger partial charge in [-0.25, -0.2) is 4.98 Å². The van der Waals surface area contributed by atoms with Crippen LogP contribution in [-0.4, -0.2) is 28.7 Å². The van der Waals surface area contributed by atoms with Gasteiger partial charge in [0.15, 0.2) is 0 Å². The van der Waals surface area contributed by atoms with Crippen LogP contribution in [0.4, 0.5) is 24.9 Å². The SMILES string of the molecule is CCS(=O)(=O)O.Cc1c(-c2cccc(C(F)(F)F)c2)ccc2nc(N)nc(N)c12. The molecule has 0 spiro atoms. The van der Waals surface area contributed by atoms with Gasteiger partial charge in [0, 0.05) is 5.39 Å². The minimum absolute atomic E-state index is 0.0567. The Morgan fingerprint density at radius 2 is 1.72 bits per heavy atom. The molecule has 0 saturated carbocycles. The number of rotatable bonds is 2. The Morgan fingerprint density at radius 3 is 2.28 bits per heavy atom. The van der Waals surface area contributed by atoms with E-state index in [1.807, 2.05) is 0 Å². The van der Waals surface area contributed by atoms with Crippen LogP contribution in [-0.2, 0) is 16.3 Å². The Balaban J connectivity index is 0.000000438. The zero-order valence-electron chi connectivity index (χ0n) is 15.5. The van der Waals surface area contributed by atoms with Crippen molar-refractivity contribution in [2.75, 3.05) is 17.2 Å². The van der Waals surface area contributed by atoms with Crippen LogP contribution in [0, 0.1) is 6.92 Å². The number of halogens is 3. The van der Waals surface area contributed by atoms with E-state index in [9.17, 15) is 21.6 Å². The lowest BCUT2D eigenvalue weighted by atomic mass is 9.96. The predicted octanol–water partition coefficient (Wildman–Crippen LogP) is 3.68. The fourth-order valence-corrected chi connectivity index (χ4v) is 2.62. The zero-order chi connectivity index (χ0) is 22.0. The summed E-state index contributed by atoms with van der Waals surface area (Å²) in [7, 11) is -3.66. The maximum absolute atomic E-state index is 12.9. The third kappa shape index (κ3) is 5.55. The lowest BCUT2D eigenvalue weighted by molar-refractivity contribution is -0.137. The highest BCUT2D eigenvalue weighted by Crippen LogP contribution is 2.35. The van der Waals surface area contributed by atoms with E-state index in [4.69, 9.17) is 16.0 Å². The van der Waals surface area contributed by atoms with E-state index in [-0.39, 0.29) is 17.5 Å². The zero-order valence-corrected chi connectivity index (χ0v) is 16.3. The summed E-state index contributed by atoms with van der Waals surface area (Å²) >= 11 is 0. The number of hydrogen-bond donors (Lipinski definition) is 3. The first-order valence-electron chi connectivity index (χ1n) is 8.28. The summed E-state index contributed by atoms with van der Waals surface area (Å²) < 4.78 is 65.6. The van der Waals surface area contributed by atoms with Crippen LogP contribution >= 0.6 is 0 Å². The Kier molecular flexibility index (Phi) is 6.34. The topological polar surface area (TPSA) is 132 Å². The van der Waals surface area contributed by atoms with Crippen molar-refractivity contribution < 1.29 is 26.1 Å². The number of fused-ring (bicyclic) bond motifs is 1. The minimum atomic E-state index is -4.39. The molecule has 1 aromatic heterocycles. The van der Waals surface area contributed by atoms with Gasteiger partial charge in [-0.2, -0.15) is 26.6 Å². The quantitative estimate of drug-likeness (QED) is 0.530. The maximum Gasteiger partial charge on any atom is 0.416 e. The van der Waals surface area contributed by atoms with Crippen molar-refractivity contribution in [2.24, 2.45) is 0 Å². The molecule has 0 aliphatic heterocycles. The van der Waals surface area contributed by atoms with Crippen molar-refractivity contribution in [1.82, 2.24) is 9.97 Å². The summed E-state index contributed by atoms with van der Waals surface area (Å²) in [6.07, 6.45) is -4.39. The summed E-state index contributed by atoms with van der Waals surface area (Å²) in [6.45, 7) is 3.14. The number of nitrogen functional groups attached to an aromatic ring is 2. The lowest BCUT2D eigenvalue weighted by Gasteiger charge is -2.13. The number of aryl methyl sites for hydroxylation is 1. The van der Waals surface area contributed by atoms with Gasteiger partial charge in [0.25, 0.3) is 10.1 Å². The van der Waals surface area contributed by atoms with E-state index in [1.54, 1.807) is 25.1 Å². The van der Waals surface area contributed by atoms with E-state index in [1.165, 1.54) is 13.0 Å². The number of anilines is 2. The summed E-state index contributed by atoms with van der Waals surface area (Å²) in [5.41, 5.74) is 13.1. The molecule has 1 heterocycles. The molecule has 7 nitrogen and oxygen atoms in total. The molecule has 0 fully saturated rings. The third-order valence-electron chi connectivity index (χ3n) is 4.03. The van der Waals surface area contributed by atoms with Crippen molar-refractivity contribution in [1.29, 1.82) is 0 Å². The highest BCUT2D eigenvalue weighted by molar-refractivity contribution is 7.85. The summed E-state index contributed by atoms with van der Waals surface area (Å²) in [5.74, 6) is 0.0625. The van der Waals surface area contributed by atoms with E-state index in [2.05, 4.69) is 9.97 Å². The van der Waals surface area contributed by atoms with Crippen molar-refractivity contribution in [3.8, 4) is 11.1 Å². The highest BCUT2D eigenvalue weighted by Gasteiger charge is 2.30. The number of hydrogen-bond acceptors (Lipinski definition) is 6. The number of benzene rings is 2. The molecule has 0 saturated heterocycles. The second-order valence-corrected chi connectivity index (χ2v) is 7.79. The van der Waals surface area contributed by atoms with Gasteiger partial charge < -0.3 is 11.5 Å². The summed E-state index contributed by atoms with van der Waals surface area (Å²) in [5, 5.41) is 0.592. The number of nitrogens with zero attached hydrogens (tertiary/aromatic N) is 2. The monoisotopic (exact) mass is 428 g/mol. The normalized spacial score (nSPS) is 11.8. The maximum atomic E-state index is 12.9. The van der Waals surface area contributed by atoms with Crippen LogP contribution in [0.2, 0.25) is 0 Å². The number of nitrogens with two attached hydrogens (primary N) is 2. The molecule has 3 rings (SSSR count). The van der Waals surface area contributed by atoms with E-state index in [0.29, 0.717) is 27.6 Å². The van der Waals surface area contributed by atoms with E-state index < -0.39 is 21.9 Å². The lowest BCUT2D eigenvalue weighted by Crippen LogP contribution is -2.05. The fourth-order valence-electron chi connectivity index (χ4n) is 2.62. The van der Waals surface area contributed by atoms with Crippen LogP contribution in [0.15, 0.2) is 36.4 Å². The molecule has 29 heavy (non-hydrogen) atoms. The molecule has 2 aromatic carbocycles. The summed E-state index contributed by atoms with van der Waals surface area (Å²) in [4.78, 5) is 8.01. The second-order valence-electron chi connectivity index (χ2n) is 6.05. The molecule has 5 N–H and O–H groups in total. The van der Waals surface area contributed by atoms with E-state index >= 15 is 0 Å². The molecule has 0 bridgehead atoms. The van der Waals surface area contributed by atoms with Gasteiger partial charge in [0.1, 0.15) is 5.82 Å². The Labute approximate surface area is 165 Å². The Bertz CT molecular complexity index is 1150. The van der Waals surface area contributed by atoms with Crippen LogP contribution in [0.1, 0.15) is 18.1 Å². The van der Waals surface area contributed by atoms with Crippen molar-refractivity contribution >= 4 is 32.8 Å². The largest absolute Gasteiger partial charge is 0.416 e. The van der Waals surface area contributed by atoms with Gasteiger partial charge in [0.05, 0.1) is 16.8 Å². The molecule has 0 radical (unpaired) electrons. The standard InChI is InChI=1S/C16H13F3N4.C2H6O3S/c1-8-11(9-3-2-4-10(7-9)16(17,18)19)5-6-12-13(8)14(20)23-15(21)22-12;1-2-6(3,4)5/h2-7H,1H3,(H4,20,21,22,23);2H2,1H3,(H,3,4,5). The summed E-state index contributed by atoms with van der Waals surface area (Å²) in [6, 6.07) is 8.54. The number of alkyl halides is 3. The molecule has 11 heteroatoms. The first-order valence-corrected chi connectivity index (χ1v) is 9.89. The second kappa shape index (κ2) is 8.21. The first-order chi connectivity index (χ1) is 13.3. The molecule has 156 valence electrons. The van der Waals surface area contributed by atoms with Crippen LogP contribution in [0.5, 0.6) is 0 Å². The molecule has 3 aromatic rings. The number of aromatic nitrogens is 2. The predicted molar refractivity (Wildman–Crippen MR) is 106 cm³/mol. The minimum Gasteiger partial charge on any atom is -0.383 e. The van der Waals surface area contributed by atoms with Crippen molar-refractivity contribution in [3.63, 3.8) is 0 Å². The molecular weight excluding hydrogens is 409 g/mol. The van der Waals surface area contributed by atoms with Gasteiger partial charge in [-0.1, -0.05) is 18.2 Å². The first kappa shape index (κ1) is 22.4. The highest BCUT2D eigenvalue weighted by atomic mass is 32.2. The van der Waals surface area contributed by atoms with Crippen LogP contribution in [0.25, 0.3) is 22.0 Å². The van der Waals surface area contributed by atoms with Gasteiger partial charge in [-0.3, -0.25) is 4.55 Å². The van der Waals surface area contributed by atoms with Gasteiger partial charge >= 0.3 is 6.18 Å². The molecule has 0 aliphatic carbocycles.